The Morgan fingerprint density at radius 1 is 1.20 bits per heavy atom. The van der Waals surface area contributed by atoms with Crippen molar-refractivity contribution in [3.8, 4) is 0 Å². The number of carbonyl (C=O) groups excluding carboxylic acids is 1. The molecule has 1 rings (SSSR count). The molecule has 0 spiro atoms. The van der Waals surface area contributed by atoms with Crippen LogP contribution in [0.25, 0.3) is 0 Å². The first kappa shape index (κ1) is 15.3. The van der Waals surface area contributed by atoms with Gasteiger partial charge < -0.3 is 10.2 Å². The average molecular weight is 284 g/mol. The minimum absolute atomic E-state index is 0.268. The van der Waals surface area contributed by atoms with Crippen LogP contribution in [0.1, 0.15) is 10.4 Å². The predicted octanol–water partition coefficient (Wildman–Crippen LogP) is 1.18. The highest BCUT2D eigenvalue weighted by molar-refractivity contribution is 5.93. The van der Waals surface area contributed by atoms with Gasteiger partial charge in [0, 0.05) is 26.2 Å². The first-order chi connectivity index (χ1) is 9.27. The molecule has 1 aromatic rings. The van der Waals surface area contributed by atoms with Crippen molar-refractivity contribution >= 4 is 23.0 Å². The van der Waals surface area contributed by atoms with Gasteiger partial charge in [-0.3, -0.25) is 20.2 Å². The fourth-order valence-corrected chi connectivity index (χ4v) is 1.47. The Labute approximate surface area is 113 Å². The van der Waals surface area contributed by atoms with Crippen LogP contribution in [0, 0.1) is 20.2 Å². The highest BCUT2D eigenvalue weighted by Crippen LogP contribution is 2.36. The van der Waals surface area contributed by atoms with Gasteiger partial charge in [0.15, 0.2) is 0 Å². The summed E-state index contributed by atoms with van der Waals surface area (Å²) in [5.41, 5.74) is 0.732. The summed E-state index contributed by atoms with van der Waals surface area (Å²) in [6.45, 7) is 0. The molecule has 0 aromatic heterocycles. The molecule has 0 fully saturated rings. The quantitative estimate of drug-likeness (QED) is 0.485. The second kappa shape index (κ2) is 5.93. The summed E-state index contributed by atoms with van der Waals surface area (Å²) in [5.74, 6) is -0.896. The third-order valence-electron chi connectivity index (χ3n) is 2.25. The molecule has 0 aliphatic heterocycles. The number of esters is 1. The van der Waals surface area contributed by atoms with Gasteiger partial charge in [0.1, 0.15) is 0 Å². The van der Waals surface area contributed by atoms with E-state index in [9.17, 15) is 25.0 Å². The van der Waals surface area contributed by atoms with E-state index in [1.165, 1.54) is 19.1 Å². The van der Waals surface area contributed by atoms with Crippen LogP contribution in [-0.2, 0) is 4.74 Å². The molecular formula is C10H12N4O6. The smallest absolute Gasteiger partial charge is 0.338 e. The number of nitrogens with zero attached hydrogens (tertiary/aromatic N) is 3. The monoisotopic (exact) mass is 284 g/mol. The normalized spacial score (nSPS) is 10.2. The van der Waals surface area contributed by atoms with Crippen molar-refractivity contribution in [1.82, 2.24) is 5.01 Å². The number of ether oxygens (including phenoxy) is 1. The molecule has 1 N–H and O–H groups in total. The second-order valence-electron chi connectivity index (χ2n) is 3.90. The third kappa shape index (κ3) is 3.17. The van der Waals surface area contributed by atoms with E-state index in [0.717, 1.165) is 19.2 Å². The van der Waals surface area contributed by atoms with E-state index in [2.05, 4.69) is 10.2 Å². The van der Waals surface area contributed by atoms with Gasteiger partial charge in [-0.2, -0.15) is 0 Å². The van der Waals surface area contributed by atoms with E-state index >= 15 is 0 Å². The lowest BCUT2D eigenvalue weighted by Gasteiger charge is -2.14. The molecule has 1 aromatic carbocycles. The van der Waals surface area contributed by atoms with Gasteiger partial charge in [-0.1, -0.05) is 0 Å². The summed E-state index contributed by atoms with van der Waals surface area (Å²) in [6, 6.07) is 1.84. The van der Waals surface area contributed by atoms with E-state index in [-0.39, 0.29) is 11.3 Å². The van der Waals surface area contributed by atoms with Crippen molar-refractivity contribution in [1.29, 1.82) is 0 Å². The molecule has 0 unspecified atom stereocenters. The van der Waals surface area contributed by atoms with Crippen molar-refractivity contribution in [3.63, 3.8) is 0 Å². The number of hydrazine groups is 1. The fraction of sp³-hybridized carbons (Fsp3) is 0.300. The van der Waals surface area contributed by atoms with Crippen molar-refractivity contribution in [3.05, 3.63) is 37.9 Å². The molecule has 0 radical (unpaired) electrons. The number of nitro benzene ring substituents is 2. The highest BCUT2D eigenvalue weighted by Gasteiger charge is 2.29. The third-order valence-corrected chi connectivity index (χ3v) is 2.25. The molecule has 0 aliphatic rings. The topological polar surface area (TPSA) is 128 Å². The largest absolute Gasteiger partial charge is 0.465 e. The van der Waals surface area contributed by atoms with Crippen molar-refractivity contribution in [2.75, 3.05) is 26.6 Å². The Balaban J connectivity index is 3.58. The van der Waals surface area contributed by atoms with E-state index in [1.807, 2.05) is 0 Å². The number of carbonyl (C=O) groups is 1. The number of rotatable bonds is 5. The Hall–Kier alpha value is -2.75. The lowest BCUT2D eigenvalue weighted by molar-refractivity contribution is -0.392. The molecule has 0 heterocycles. The van der Waals surface area contributed by atoms with E-state index in [1.54, 1.807) is 0 Å². The molecule has 0 aliphatic carbocycles. The molecule has 0 amide bonds. The predicted molar refractivity (Wildman–Crippen MR) is 68.4 cm³/mol. The maximum absolute atomic E-state index is 11.4. The van der Waals surface area contributed by atoms with Crippen molar-refractivity contribution in [2.24, 2.45) is 0 Å². The molecule has 0 bridgehead atoms. The molecule has 108 valence electrons. The number of methoxy groups -OCH3 is 1. The maximum Gasteiger partial charge on any atom is 0.338 e. The number of hydrogen-bond acceptors (Lipinski definition) is 8. The van der Waals surface area contributed by atoms with Crippen LogP contribution in [0.5, 0.6) is 0 Å². The summed E-state index contributed by atoms with van der Waals surface area (Å²) < 4.78 is 4.41. The molecule has 0 atom stereocenters. The van der Waals surface area contributed by atoms with Crippen LogP contribution in [-0.4, -0.2) is 42.0 Å². The zero-order valence-electron chi connectivity index (χ0n) is 10.9. The van der Waals surface area contributed by atoms with Crippen LogP contribution in [0.4, 0.5) is 17.1 Å². The van der Waals surface area contributed by atoms with Gasteiger partial charge in [0.05, 0.1) is 22.5 Å². The van der Waals surface area contributed by atoms with Crippen molar-refractivity contribution in [2.45, 2.75) is 0 Å². The van der Waals surface area contributed by atoms with Gasteiger partial charge in [0.2, 0.25) is 5.69 Å². The summed E-state index contributed by atoms with van der Waals surface area (Å²) in [4.78, 5) is 31.8. The average Bonchev–Trinajstić information content (AvgIpc) is 2.36. The number of nitro groups is 2. The molecular weight excluding hydrogens is 272 g/mol. The molecule has 10 nitrogen and oxygen atoms in total. The highest BCUT2D eigenvalue weighted by atomic mass is 16.6. The standard InChI is InChI=1S/C10H12N4O6/c1-12(2)11-9-7(13(16)17)4-6(10(15)20-3)5-8(9)14(18)19/h4-5,11H,1-3H3. The molecule has 0 saturated heterocycles. The molecule has 10 heteroatoms. The van der Waals surface area contributed by atoms with Crippen LogP contribution < -0.4 is 5.43 Å². The van der Waals surface area contributed by atoms with Crippen LogP contribution in [0.2, 0.25) is 0 Å². The number of benzene rings is 1. The minimum atomic E-state index is -0.896. The zero-order valence-corrected chi connectivity index (χ0v) is 10.9. The first-order valence-corrected chi connectivity index (χ1v) is 5.27. The first-order valence-electron chi connectivity index (χ1n) is 5.27. The van der Waals surface area contributed by atoms with Crippen LogP contribution in [0.15, 0.2) is 12.1 Å². The number of nitrogens with one attached hydrogen (secondary N) is 1. The molecule has 0 saturated carbocycles. The Kier molecular flexibility index (Phi) is 4.54. The van der Waals surface area contributed by atoms with E-state index < -0.39 is 27.2 Å². The van der Waals surface area contributed by atoms with Gasteiger partial charge in [-0.15, -0.1) is 0 Å². The zero-order chi connectivity index (χ0) is 15.4. The lowest BCUT2D eigenvalue weighted by Crippen LogP contribution is -2.21. The second-order valence-corrected chi connectivity index (χ2v) is 3.90. The Morgan fingerprint density at radius 3 is 1.95 bits per heavy atom. The van der Waals surface area contributed by atoms with Gasteiger partial charge in [-0.05, 0) is 0 Å². The summed E-state index contributed by atoms with van der Waals surface area (Å²) in [5, 5.41) is 23.3. The summed E-state index contributed by atoms with van der Waals surface area (Å²) in [6.07, 6.45) is 0. The SMILES string of the molecule is COC(=O)c1cc([N+](=O)[O-])c(NN(C)C)c([N+](=O)[O-])c1. The van der Waals surface area contributed by atoms with Gasteiger partial charge in [-0.25, -0.2) is 9.80 Å². The molecule has 20 heavy (non-hydrogen) atoms. The van der Waals surface area contributed by atoms with Crippen LogP contribution in [0.3, 0.4) is 0 Å². The van der Waals surface area contributed by atoms with E-state index in [4.69, 9.17) is 0 Å². The summed E-state index contributed by atoms with van der Waals surface area (Å²) in [7, 11) is 4.11. The van der Waals surface area contributed by atoms with Gasteiger partial charge >= 0.3 is 17.3 Å². The van der Waals surface area contributed by atoms with Crippen LogP contribution >= 0.6 is 0 Å². The van der Waals surface area contributed by atoms with E-state index in [0.29, 0.717) is 0 Å². The lowest BCUT2D eigenvalue weighted by atomic mass is 10.1. The Bertz CT molecular complexity index is 536. The van der Waals surface area contributed by atoms with Gasteiger partial charge in [0.25, 0.3) is 0 Å². The Morgan fingerprint density at radius 2 is 1.65 bits per heavy atom. The summed E-state index contributed by atoms with van der Waals surface area (Å²) >= 11 is 0. The maximum atomic E-state index is 11.4. The minimum Gasteiger partial charge on any atom is -0.465 e. The fourth-order valence-electron chi connectivity index (χ4n) is 1.47. The van der Waals surface area contributed by atoms with Crippen molar-refractivity contribution < 1.29 is 19.4 Å². The number of hydrogen-bond donors (Lipinski definition) is 1. The number of anilines is 1.